The summed E-state index contributed by atoms with van der Waals surface area (Å²) in [6.45, 7) is 0. The van der Waals surface area contributed by atoms with Crippen molar-refractivity contribution in [2.24, 2.45) is 0 Å². The van der Waals surface area contributed by atoms with Crippen molar-refractivity contribution in [2.45, 2.75) is 0 Å². The van der Waals surface area contributed by atoms with Gasteiger partial charge in [-0.3, -0.25) is 4.79 Å². The molecule has 1 amide bonds. The molecule has 0 saturated carbocycles. The lowest BCUT2D eigenvalue weighted by Crippen LogP contribution is -2.11. The average molecular weight is 349 g/mol. The summed E-state index contributed by atoms with van der Waals surface area (Å²) in [6, 6.07) is 21.9. The molecule has 0 unspecified atom stereocenters. The van der Waals surface area contributed by atoms with E-state index in [-0.39, 0.29) is 5.91 Å². The molecule has 0 spiro atoms. The molecule has 4 nitrogen and oxygen atoms in total. The predicted molar refractivity (Wildman–Crippen MR) is 98.9 cm³/mol. The van der Waals surface area contributed by atoms with Crippen LogP contribution in [0.3, 0.4) is 0 Å². The standard InChI is InChI=1S/C20H13ClN2O2/c21-15-9-6-13(7-10-15)19-17-12-14(8-11-18(17)23-25-19)20(24)22-16-4-2-1-3-5-16/h1-12H,(H,22,24). The van der Waals surface area contributed by atoms with Crippen LogP contribution in [0.1, 0.15) is 10.4 Å². The molecule has 122 valence electrons. The lowest BCUT2D eigenvalue weighted by Gasteiger charge is -2.05. The number of para-hydroxylation sites is 1. The van der Waals surface area contributed by atoms with E-state index >= 15 is 0 Å². The summed E-state index contributed by atoms with van der Waals surface area (Å²) in [5.74, 6) is 0.428. The van der Waals surface area contributed by atoms with Gasteiger partial charge < -0.3 is 9.84 Å². The van der Waals surface area contributed by atoms with E-state index in [9.17, 15) is 4.79 Å². The summed E-state index contributed by atoms with van der Waals surface area (Å²) < 4.78 is 5.47. The minimum atomic E-state index is -0.184. The number of aromatic nitrogens is 1. The van der Waals surface area contributed by atoms with Crippen LogP contribution in [0.5, 0.6) is 0 Å². The van der Waals surface area contributed by atoms with Gasteiger partial charge in [0.05, 0.1) is 5.39 Å². The van der Waals surface area contributed by atoms with Crippen LogP contribution in [0.2, 0.25) is 5.02 Å². The maximum absolute atomic E-state index is 12.5. The maximum Gasteiger partial charge on any atom is 0.255 e. The highest BCUT2D eigenvalue weighted by Crippen LogP contribution is 2.30. The van der Waals surface area contributed by atoms with E-state index in [4.69, 9.17) is 16.1 Å². The maximum atomic E-state index is 12.5. The summed E-state index contributed by atoms with van der Waals surface area (Å²) >= 11 is 5.94. The summed E-state index contributed by atoms with van der Waals surface area (Å²) in [7, 11) is 0. The summed E-state index contributed by atoms with van der Waals surface area (Å²) in [5, 5.41) is 8.37. The molecule has 0 bridgehead atoms. The normalized spacial score (nSPS) is 10.8. The average Bonchev–Trinajstić information content (AvgIpc) is 3.06. The molecular weight excluding hydrogens is 336 g/mol. The molecule has 4 rings (SSSR count). The Morgan fingerprint density at radius 2 is 1.72 bits per heavy atom. The SMILES string of the molecule is O=C(Nc1ccccc1)c1ccc2noc(-c3ccc(Cl)cc3)c2c1. The van der Waals surface area contributed by atoms with Crippen LogP contribution in [0, 0.1) is 0 Å². The molecule has 3 aromatic carbocycles. The summed E-state index contributed by atoms with van der Waals surface area (Å²) in [4.78, 5) is 12.5. The lowest BCUT2D eigenvalue weighted by molar-refractivity contribution is 0.102. The van der Waals surface area contributed by atoms with Crippen molar-refractivity contribution < 1.29 is 9.32 Å². The first-order chi connectivity index (χ1) is 12.2. The van der Waals surface area contributed by atoms with Gasteiger partial charge >= 0.3 is 0 Å². The number of carbonyl (C=O) groups is 1. The first-order valence-corrected chi connectivity index (χ1v) is 8.10. The molecule has 1 heterocycles. The van der Waals surface area contributed by atoms with Crippen molar-refractivity contribution in [3.05, 3.63) is 83.4 Å². The van der Waals surface area contributed by atoms with Gasteiger partial charge in [-0.05, 0) is 54.6 Å². The van der Waals surface area contributed by atoms with Gasteiger partial charge in [-0.1, -0.05) is 35.0 Å². The Morgan fingerprint density at radius 1 is 0.960 bits per heavy atom. The largest absolute Gasteiger partial charge is 0.355 e. The second-order valence-corrected chi connectivity index (χ2v) is 6.01. The van der Waals surface area contributed by atoms with Crippen LogP contribution < -0.4 is 5.32 Å². The van der Waals surface area contributed by atoms with Crippen molar-refractivity contribution in [1.82, 2.24) is 5.16 Å². The number of rotatable bonds is 3. The Morgan fingerprint density at radius 3 is 2.48 bits per heavy atom. The van der Waals surface area contributed by atoms with Crippen LogP contribution in [-0.4, -0.2) is 11.1 Å². The molecule has 1 N–H and O–H groups in total. The van der Waals surface area contributed by atoms with E-state index in [0.717, 1.165) is 16.6 Å². The zero-order valence-electron chi connectivity index (χ0n) is 13.1. The monoisotopic (exact) mass is 348 g/mol. The van der Waals surface area contributed by atoms with E-state index in [1.54, 1.807) is 30.3 Å². The Labute approximate surface area is 149 Å². The Kier molecular flexibility index (Phi) is 3.96. The highest BCUT2D eigenvalue weighted by Gasteiger charge is 2.14. The first kappa shape index (κ1) is 15.4. The molecule has 0 radical (unpaired) electrons. The van der Waals surface area contributed by atoms with E-state index in [1.165, 1.54) is 0 Å². The highest BCUT2D eigenvalue weighted by atomic mass is 35.5. The molecule has 25 heavy (non-hydrogen) atoms. The molecule has 0 saturated heterocycles. The van der Waals surface area contributed by atoms with E-state index in [2.05, 4.69) is 10.5 Å². The molecular formula is C20H13ClN2O2. The van der Waals surface area contributed by atoms with Gasteiger partial charge in [0, 0.05) is 21.8 Å². The quantitative estimate of drug-likeness (QED) is 0.539. The third kappa shape index (κ3) is 3.12. The highest BCUT2D eigenvalue weighted by molar-refractivity contribution is 6.30. The molecule has 0 aliphatic rings. The van der Waals surface area contributed by atoms with Gasteiger partial charge in [0.1, 0.15) is 5.52 Å². The van der Waals surface area contributed by atoms with Gasteiger partial charge in [-0.15, -0.1) is 0 Å². The molecule has 0 aliphatic carbocycles. The van der Waals surface area contributed by atoms with Gasteiger partial charge in [0.25, 0.3) is 5.91 Å². The number of carbonyl (C=O) groups excluding carboxylic acids is 1. The van der Waals surface area contributed by atoms with Crippen molar-refractivity contribution >= 4 is 34.1 Å². The number of hydrogen-bond donors (Lipinski definition) is 1. The fraction of sp³-hybridized carbons (Fsp3) is 0. The number of nitrogens with one attached hydrogen (secondary N) is 1. The Hall–Kier alpha value is -3.11. The minimum Gasteiger partial charge on any atom is -0.355 e. The smallest absolute Gasteiger partial charge is 0.255 e. The number of fused-ring (bicyclic) bond motifs is 1. The molecule has 0 atom stereocenters. The second-order valence-electron chi connectivity index (χ2n) is 5.57. The van der Waals surface area contributed by atoms with Gasteiger partial charge in [-0.25, -0.2) is 0 Å². The Bertz CT molecular complexity index is 1040. The number of benzene rings is 3. The number of halogens is 1. The van der Waals surface area contributed by atoms with Crippen molar-refractivity contribution in [2.75, 3.05) is 5.32 Å². The topological polar surface area (TPSA) is 55.1 Å². The number of anilines is 1. The fourth-order valence-electron chi connectivity index (χ4n) is 2.62. The molecule has 4 aromatic rings. The van der Waals surface area contributed by atoms with Crippen molar-refractivity contribution in [3.63, 3.8) is 0 Å². The van der Waals surface area contributed by atoms with Crippen molar-refractivity contribution in [3.8, 4) is 11.3 Å². The second kappa shape index (κ2) is 6.42. The van der Waals surface area contributed by atoms with Gasteiger partial charge in [0.15, 0.2) is 5.76 Å². The van der Waals surface area contributed by atoms with Crippen LogP contribution in [0.25, 0.3) is 22.2 Å². The van der Waals surface area contributed by atoms with E-state index < -0.39 is 0 Å². The summed E-state index contributed by atoms with van der Waals surface area (Å²) in [5.41, 5.74) is 2.83. The number of nitrogens with zero attached hydrogens (tertiary/aromatic N) is 1. The van der Waals surface area contributed by atoms with E-state index in [0.29, 0.717) is 21.9 Å². The summed E-state index contributed by atoms with van der Waals surface area (Å²) in [6.07, 6.45) is 0. The van der Waals surface area contributed by atoms with Crippen LogP contribution in [-0.2, 0) is 0 Å². The van der Waals surface area contributed by atoms with Gasteiger partial charge in [0.2, 0.25) is 0 Å². The van der Waals surface area contributed by atoms with Crippen LogP contribution >= 0.6 is 11.6 Å². The molecule has 1 aromatic heterocycles. The molecule has 0 aliphatic heterocycles. The third-order valence-electron chi connectivity index (χ3n) is 3.88. The zero-order valence-corrected chi connectivity index (χ0v) is 13.8. The van der Waals surface area contributed by atoms with E-state index in [1.807, 2.05) is 42.5 Å². The minimum absolute atomic E-state index is 0.184. The predicted octanol–water partition coefficient (Wildman–Crippen LogP) is 5.40. The van der Waals surface area contributed by atoms with Crippen LogP contribution in [0.15, 0.2) is 77.3 Å². The van der Waals surface area contributed by atoms with Crippen molar-refractivity contribution in [1.29, 1.82) is 0 Å². The number of hydrogen-bond acceptors (Lipinski definition) is 3. The fourth-order valence-corrected chi connectivity index (χ4v) is 2.74. The molecule has 5 heteroatoms. The van der Waals surface area contributed by atoms with Gasteiger partial charge in [-0.2, -0.15) is 0 Å². The molecule has 0 fully saturated rings. The zero-order chi connectivity index (χ0) is 17.2. The Balaban J connectivity index is 1.71. The number of amides is 1. The van der Waals surface area contributed by atoms with Crippen LogP contribution in [0.4, 0.5) is 5.69 Å². The third-order valence-corrected chi connectivity index (χ3v) is 4.13. The lowest BCUT2D eigenvalue weighted by atomic mass is 10.1. The first-order valence-electron chi connectivity index (χ1n) is 7.72.